The number of halogens is 2. The van der Waals surface area contributed by atoms with Crippen molar-refractivity contribution in [3.8, 4) is 0 Å². The van der Waals surface area contributed by atoms with Crippen LogP contribution in [-0.4, -0.2) is 16.7 Å². The van der Waals surface area contributed by atoms with Gasteiger partial charge in [-0.05, 0) is 37.1 Å². The Bertz CT molecular complexity index is 536. The molecule has 1 aliphatic heterocycles. The molecule has 1 saturated heterocycles. The van der Waals surface area contributed by atoms with Gasteiger partial charge in [0, 0.05) is 11.4 Å². The third kappa shape index (κ3) is 3.72. The van der Waals surface area contributed by atoms with Gasteiger partial charge in [0.25, 0.3) is 0 Å². The van der Waals surface area contributed by atoms with E-state index in [0.29, 0.717) is 12.3 Å². The summed E-state index contributed by atoms with van der Waals surface area (Å²) in [5, 5.41) is 8.20. The Morgan fingerprint density at radius 2 is 2.05 bits per heavy atom. The molecular formula is C14H17Cl2N3O. The highest BCUT2D eigenvalue weighted by molar-refractivity contribution is 6.30. The summed E-state index contributed by atoms with van der Waals surface area (Å²) in [5.41, 5.74) is 1.13. The maximum absolute atomic E-state index is 5.86. The van der Waals surface area contributed by atoms with Gasteiger partial charge < -0.3 is 9.84 Å². The van der Waals surface area contributed by atoms with E-state index in [0.717, 1.165) is 29.4 Å². The lowest BCUT2D eigenvalue weighted by molar-refractivity contribution is 0.296. The number of benzene rings is 1. The van der Waals surface area contributed by atoms with Gasteiger partial charge in [-0.25, -0.2) is 0 Å². The third-order valence-corrected chi connectivity index (χ3v) is 3.62. The highest BCUT2D eigenvalue weighted by Crippen LogP contribution is 2.21. The van der Waals surface area contributed by atoms with Gasteiger partial charge in [-0.15, -0.1) is 12.4 Å². The zero-order valence-corrected chi connectivity index (χ0v) is 12.6. The van der Waals surface area contributed by atoms with E-state index >= 15 is 0 Å². The summed E-state index contributed by atoms with van der Waals surface area (Å²) >= 11 is 5.86. The topological polar surface area (TPSA) is 51.0 Å². The van der Waals surface area contributed by atoms with Crippen LogP contribution in [0.5, 0.6) is 0 Å². The molecule has 4 nitrogen and oxygen atoms in total. The predicted molar refractivity (Wildman–Crippen MR) is 80.4 cm³/mol. The van der Waals surface area contributed by atoms with Crippen molar-refractivity contribution in [1.82, 2.24) is 15.5 Å². The number of aromatic nitrogens is 2. The summed E-state index contributed by atoms with van der Waals surface area (Å²) < 4.78 is 5.35. The Morgan fingerprint density at radius 1 is 1.25 bits per heavy atom. The molecule has 1 aliphatic rings. The summed E-state index contributed by atoms with van der Waals surface area (Å²) in [6.07, 6.45) is 4.19. The Kier molecular flexibility index (Phi) is 5.40. The molecule has 0 bridgehead atoms. The fraction of sp³-hybridized carbons (Fsp3) is 0.429. The molecule has 0 spiro atoms. The van der Waals surface area contributed by atoms with Gasteiger partial charge in [0.1, 0.15) is 0 Å². The Hall–Kier alpha value is -1.10. The van der Waals surface area contributed by atoms with Crippen molar-refractivity contribution < 1.29 is 4.52 Å². The average molecular weight is 314 g/mol. The quantitative estimate of drug-likeness (QED) is 0.941. The summed E-state index contributed by atoms with van der Waals surface area (Å²) in [6.45, 7) is 1.03. The minimum atomic E-state index is 0. The van der Waals surface area contributed by atoms with Crippen molar-refractivity contribution in [3.63, 3.8) is 0 Å². The van der Waals surface area contributed by atoms with Crippen LogP contribution < -0.4 is 5.32 Å². The molecule has 108 valence electrons. The van der Waals surface area contributed by atoms with Gasteiger partial charge in [-0.2, -0.15) is 4.98 Å². The first kappa shape index (κ1) is 15.3. The van der Waals surface area contributed by atoms with Crippen molar-refractivity contribution in [2.45, 2.75) is 31.7 Å². The van der Waals surface area contributed by atoms with E-state index in [4.69, 9.17) is 16.1 Å². The van der Waals surface area contributed by atoms with E-state index in [1.165, 1.54) is 12.8 Å². The second kappa shape index (κ2) is 7.07. The van der Waals surface area contributed by atoms with Crippen LogP contribution in [0, 0.1) is 0 Å². The fourth-order valence-corrected chi connectivity index (χ4v) is 2.45. The van der Waals surface area contributed by atoms with Crippen LogP contribution in [-0.2, 0) is 6.42 Å². The van der Waals surface area contributed by atoms with E-state index < -0.39 is 0 Å². The highest BCUT2D eigenvalue weighted by Gasteiger charge is 2.20. The first-order valence-electron chi connectivity index (χ1n) is 6.61. The molecule has 1 aromatic heterocycles. The molecule has 1 fully saturated rings. The molecule has 1 aromatic carbocycles. The van der Waals surface area contributed by atoms with Gasteiger partial charge in [-0.3, -0.25) is 0 Å². The molecule has 0 saturated carbocycles. The maximum atomic E-state index is 5.86. The number of rotatable bonds is 3. The molecule has 20 heavy (non-hydrogen) atoms. The van der Waals surface area contributed by atoms with Gasteiger partial charge >= 0.3 is 0 Å². The third-order valence-electron chi connectivity index (χ3n) is 3.37. The SMILES string of the molecule is Cl.Clc1ccc(Cc2noc([C@@H]3CCCCN3)n2)cc1. The first-order chi connectivity index (χ1) is 9.31. The van der Waals surface area contributed by atoms with E-state index in [1.54, 1.807) is 0 Å². The highest BCUT2D eigenvalue weighted by atomic mass is 35.5. The van der Waals surface area contributed by atoms with E-state index in [1.807, 2.05) is 24.3 Å². The van der Waals surface area contributed by atoms with E-state index in [2.05, 4.69) is 15.5 Å². The molecule has 0 radical (unpaired) electrons. The standard InChI is InChI=1S/C14H16ClN3O.ClH/c15-11-6-4-10(5-7-11)9-13-17-14(19-18-13)12-3-1-2-8-16-12;/h4-7,12,16H,1-3,8-9H2;1H/t12-;/m0./s1. The zero-order chi connectivity index (χ0) is 13.1. The van der Waals surface area contributed by atoms with E-state index in [9.17, 15) is 0 Å². The molecule has 0 aliphatic carbocycles. The molecule has 0 unspecified atom stereocenters. The summed E-state index contributed by atoms with van der Waals surface area (Å²) in [6, 6.07) is 7.94. The molecule has 0 amide bonds. The Labute approximate surface area is 129 Å². The lowest BCUT2D eigenvalue weighted by Gasteiger charge is -2.19. The van der Waals surface area contributed by atoms with Gasteiger partial charge in [0.15, 0.2) is 5.82 Å². The van der Waals surface area contributed by atoms with Crippen LogP contribution in [0.2, 0.25) is 5.02 Å². The van der Waals surface area contributed by atoms with Crippen LogP contribution >= 0.6 is 24.0 Å². The van der Waals surface area contributed by atoms with Crippen LogP contribution in [0.4, 0.5) is 0 Å². The summed E-state index contributed by atoms with van der Waals surface area (Å²) in [4.78, 5) is 4.48. The molecule has 6 heteroatoms. The first-order valence-corrected chi connectivity index (χ1v) is 6.99. The fourth-order valence-electron chi connectivity index (χ4n) is 2.33. The number of piperidine rings is 1. The number of nitrogens with one attached hydrogen (secondary N) is 1. The number of hydrogen-bond donors (Lipinski definition) is 1. The van der Waals surface area contributed by atoms with Crippen molar-refractivity contribution in [2.75, 3.05) is 6.54 Å². The van der Waals surface area contributed by atoms with Crippen molar-refractivity contribution in [3.05, 3.63) is 46.6 Å². The minimum absolute atomic E-state index is 0. The Morgan fingerprint density at radius 3 is 2.75 bits per heavy atom. The monoisotopic (exact) mass is 313 g/mol. The minimum Gasteiger partial charge on any atom is -0.338 e. The largest absolute Gasteiger partial charge is 0.338 e. The molecule has 1 atom stereocenters. The van der Waals surface area contributed by atoms with Crippen LogP contribution in [0.1, 0.15) is 42.6 Å². The van der Waals surface area contributed by atoms with Gasteiger partial charge in [-0.1, -0.05) is 35.3 Å². The second-order valence-corrected chi connectivity index (χ2v) is 5.29. The van der Waals surface area contributed by atoms with Crippen LogP contribution in [0.15, 0.2) is 28.8 Å². The molecule has 3 rings (SSSR count). The molecule has 2 aromatic rings. The smallest absolute Gasteiger partial charge is 0.243 e. The number of hydrogen-bond acceptors (Lipinski definition) is 4. The maximum Gasteiger partial charge on any atom is 0.243 e. The second-order valence-electron chi connectivity index (χ2n) is 4.85. The average Bonchev–Trinajstić information content (AvgIpc) is 2.91. The van der Waals surface area contributed by atoms with Gasteiger partial charge in [0.05, 0.1) is 6.04 Å². The van der Waals surface area contributed by atoms with Crippen LogP contribution in [0.25, 0.3) is 0 Å². The normalized spacial score (nSPS) is 18.6. The zero-order valence-electron chi connectivity index (χ0n) is 11.0. The lowest BCUT2D eigenvalue weighted by atomic mass is 10.1. The van der Waals surface area contributed by atoms with Crippen LogP contribution in [0.3, 0.4) is 0 Å². The number of nitrogens with zero attached hydrogens (tertiary/aromatic N) is 2. The van der Waals surface area contributed by atoms with Gasteiger partial charge in [0.2, 0.25) is 5.89 Å². The summed E-state index contributed by atoms with van der Waals surface area (Å²) in [5.74, 6) is 1.44. The van der Waals surface area contributed by atoms with Crippen molar-refractivity contribution in [1.29, 1.82) is 0 Å². The van der Waals surface area contributed by atoms with Crippen molar-refractivity contribution in [2.24, 2.45) is 0 Å². The summed E-state index contributed by atoms with van der Waals surface area (Å²) in [7, 11) is 0. The molecule has 1 N–H and O–H groups in total. The molecule has 2 heterocycles. The lowest BCUT2D eigenvalue weighted by Crippen LogP contribution is -2.27. The Balaban J connectivity index is 0.00000147. The van der Waals surface area contributed by atoms with Crippen molar-refractivity contribution >= 4 is 24.0 Å². The van der Waals surface area contributed by atoms with E-state index in [-0.39, 0.29) is 18.4 Å². The molecular weight excluding hydrogens is 297 g/mol. The predicted octanol–water partition coefficient (Wildman–Crippen LogP) is 3.55.